The molecule has 1 aromatic carbocycles. The topological polar surface area (TPSA) is 91.1 Å². The number of nitriles is 1. The molecule has 2 heterocycles. The third kappa shape index (κ3) is 3.81. The molecule has 1 aliphatic carbocycles. The molecular formula is C22H25N5O2. The zero-order valence-corrected chi connectivity index (χ0v) is 16.6. The fraction of sp³-hybridized carbons (Fsp3) is 0.455. The van der Waals surface area contributed by atoms with Crippen LogP contribution in [0.2, 0.25) is 0 Å². The Balaban J connectivity index is 1.43. The lowest BCUT2D eigenvalue weighted by atomic mass is 9.86. The first-order valence-electron chi connectivity index (χ1n) is 9.99. The molecule has 1 amide bonds. The summed E-state index contributed by atoms with van der Waals surface area (Å²) >= 11 is 0. The van der Waals surface area contributed by atoms with Gasteiger partial charge in [-0.2, -0.15) is 5.26 Å². The number of ether oxygens (including phenoxy) is 1. The number of aromatic nitrogens is 2. The highest BCUT2D eigenvalue weighted by Crippen LogP contribution is 2.38. The maximum absolute atomic E-state index is 12.8. The fourth-order valence-electron chi connectivity index (χ4n) is 4.48. The molecule has 1 N–H and O–H groups in total. The summed E-state index contributed by atoms with van der Waals surface area (Å²) in [5.74, 6) is 0.709. The summed E-state index contributed by atoms with van der Waals surface area (Å²) in [6.07, 6.45) is 7.10. The molecule has 0 spiro atoms. The van der Waals surface area contributed by atoms with Crippen molar-refractivity contribution in [3.8, 4) is 6.07 Å². The molecule has 1 aliphatic heterocycles. The Hall–Kier alpha value is -2.98. The maximum Gasteiger partial charge on any atom is 0.228 e. The summed E-state index contributed by atoms with van der Waals surface area (Å²) in [6.45, 7) is 2.37. The minimum absolute atomic E-state index is 0.0946. The second-order valence-corrected chi connectivity index (χ2v) is 7.90. The van der Waals surface area contributed by atoms with Crippen LogP contribution in [-0.2, 0) is 29.2 Å². The van der Waals surface area contributed by atoms with E-state index in [0.29, 0.717) is 37.8 Å². The summed E-state index contributed by atoms with van der Waals surface area (Å²) in [5.41, 5.74) is 3.44. The second-order valence-electron chi connectivity index (χ2n) is 7.90. The van der Waals surface area contributed by atoms with Gasteiger partial charge < -0.3 is 15.0 Å². The average Bonchev–Trinajstić information content (AvgIpc) is 3.39. The maximum atomic E-state index is 12.8. The van der Waals surface area contributed by atoms with Crippen molar-refractivity contribution in [2.45, 2.75) is 45.3 Å². The third-order valence-electron chi connectivity index (χ3n) is 5.99. The van der Waals surface area contributed by atoms with Crippen LogP contribution in [-0.4, -0.2) is 29.6 Å². The molecule has 2 aromatic rings. The van der Waals surface area contributed by atoms with Gasteiger partial charge in [0.1, 0.15) is 6.07 Å². The van der Waals surface area contributed by atoms with Gasteiger partial charge in [0.15, 0.2) is 11.5 Å². The summed E-state index contributed by atoms with van der Waals surface area (Å²) in [4.78, 5) is 23.3. The first-order chi connectivity index (χ1) is 14.1. The zero-order valence-electron chi connectivity index (χ0n) is 16.6. The summed E-state index contributed by atoms with van der Waals surface area (Å²) in [7, 11) is 1.66. The van der Waals surface area contributed by atoms with Crippen LogP contribution in [0.3, 0.4) is 0 Å². The van der Waals surface area contributed by atoms with Crippen LogP contribution in [0.15, 0.2) is 30.6 Å². The van der Waals surface area contributed by atoms with Gasteiger partial charge in [-0.3, -0.25) is 4.79 Å². The highest BCUT2D eigenvalue weighted by Gasteiger charge is 2.41. The lowest BCUT2D eigenvalue weighted by Gasteiger charge is -2.26. The second kappa shape index (κ2) is 8.18. The van der Waals surface area contributed by atoms with Crippen LogP contribution < -0.4 is 10.2 Å². The lowest BCUT2D eigenvalue weighted by Crippen LogP contribution is -2.41. The molecule has 1 fully saturated rings. The van der Waals surface area contributed by atoms with E-state index in [-0.39, 0.29) is 11.3 Å². The molecule has 7 nitrogen and oxygen atoms in total. The Morgan fingerprint density at radius 2 is 2.00 bits per heavy atom. The number of carbonyl (C=O) groups excluding carboxylic acids is 1. The molecule has 1 saturated carbocycles. The molecule has 7 heteroatoms. The predicted molar refractivity (Wildman–Crippen MR) is 108 cm³/mol. The monoisotopic (exact) mass is 391 g/mol. The number of fused-ring (bicyclic) bond motifs is 1. The fourth-order valence-corrected chi connectivity index (χ4v) is 4.48. The van der Waals surface area contributed by atoms with Crippen LogP contribution >= 0.6 is 0 Å². The SMILES string of the molecule is COCC1(C(=O)NCc2ccc3c(c2)CN(c2nccnc2C#N)C3)CCCC1. The Morgan fingerprint density at radius 1 is 1.24 bits per heavy atom. The highest BCUT2D eigenvalue weighted by atomic mass is 16.5. The Kier molecular flexibility index (Phi) is 5.45. The van der Waals surface area contributed by atoms with E-state index < -0.39 is 0 Å². The van der Waals surface area contributed by atoms with E-state index in [9.17, 15) is 10.1 Å². The van der Waals surface area contributed by atoms with Crippen molar-refractivity contribution in [2.24, 2.45) is 5.41 Å². The van der Waals surface area contributed by atoms with E-state index in [1.165, 1.54) is 17.3 Å². The van der Waals surface area contributed by atoms with Gasteiger partial charge in [0.25, 0.3) is 0 Å². The van der Waals surface area contributed by atoms with Crippen molar-refractivity contribution in [3.63, 3.8) is 0 Å². The number of anilines is 1. The average molecular weight is 391 g/mol. The van der Waals surface area contributed by atoms with Gasteiger partial charge in [-0.25, -0.2) is 9.97 Å². The molecule has 150 valence electrons. The van der Waals surface area contributed by atoms with Gasteiger partial charge in [0, 0.05) is 39.1 Å². The molecule has 0 radical (unpaired) electrons. The molecule has 0 unspecified atom stereocenters. The molecule has 29 heavy (non-hydrogen) atoms. The summed E-state index contributed by atoms with van der Waals surface area (Å²) in [5, 5.41) is 12.4. The summed E-state index contributed by atoms with van der Waals surface area (Å²) < 4.78 is 5.34. The van der Waals surface area contributed by atoms with Crippen molar-refractivity contribution in [1.82, 2.24) is 15.3 Å². The number of hydrogen-bond donors (Lipinski definition) is 1. The van der Waals surface area contributed by atoms with Crippen molar-refractivity contribution in [2.75, 3.05) is 18.6 Å². The van der Waals surface area contributed by atoms with Crippen LogP contribution in [0, 0.1) is 16.7 Å². The summed E-state index contributed by atoms with van der Waals surface area (Å²) in [6, 6.07) is 8.40. The van der Waals surface area contributed by atoms with Gasteiger partial charge >= 0.3 is 0 Å². The number of benzene rings is 1. The van der Waals surface area contributed by atoms with Crippen LogP contribution in [0.1, 0.15) is 48.1 Å². The number of carbonyl (C=O) groups is 1. The highest BCUT2D eigenvalue weighted by molar-refractivity contribution is 5.83. The first-order valence-corrected chi connectivity index (χ1v) is 9.99. The molecular weight excluding hydrogens is 366 g/mol. The van der Waals surface area contributed by atoms with Crippen LogP contribution in [0.25, 0.3) is 0 Å². The molecule has 0 bridgehead atoms. The number of amides is 1. The minimum Gasteiger partial charge on any atom is -0.384 e. The van der Waals surface area contributed by atoms with E-state index in [4.69, 9.17) is 4.74 Å². The van der Waals surface area contributed by atoms with Crippen molar-refractivity contribution < 1.29 is 9.53 Å². The third-order valence-corrected chi connectivity index (χ3v) is 5.99. The Morgan fingerprint density at radius 3 is 2.76 bits per heavy atom. The zero-order chi connectivity index (χ0) is 20.3. The number of nitrogens with one attached hydrogen (secondary N) is 1. The lowest BCUT2D eigenvalue weighted by molar-refractivity contribution is -0.134. The van der Waals surface area contributed by atoms with Crippen LogP contribution in [0.5, 0.6) is 0 Å². The normalized spacial score (nSPS) is 17.0. The van der Waals surface area contributed by atoms with E-state index in [0.717, 1.165) is 31.2 Å². The van der Waals surface area contributed by atoms with E-state index in [2.05, 4.69) is 44.5 Å². The smallest absolute Gasteiger partial charge is 0.228 e. The minimum atomic E-state index is -0.373. The van der Waals surface area contributed by atoms with Crippen molar-refractivity contribution >= 4 is 11.7 Å². The number of methoxy groups -OCH3 is 1. The van der Waals surface area contributed by atoms with E-state index in [1.54, 1.807) is 13.3 Å². The van der Waals surface area contributed by atoms with Crippen molar-refractivity contribution in [1.29, 1.82) is 5.26 Å². The standard InChI is InChI=1S/C22H25N5O2/c1-29-15-22(6-2-3-7-22)21(28)26-12-16-4-5-17-13-27(14-18(17)10-16)20-19(11-23)24-8-9-25-20/h4-5,8-10H,2-3,6-7,12-15H2,1H3,(H,26,28). The Labute approximate surface area is 170 Å². The molecule has 4 rings (SSSR count). The molecule has 0 atom stereocenters. The first kappa shape index (κ1) is 19.3. The van der Waals surface area contributed by atoms with E-state index >= 15 is 0 Å². The van der Waals surface area contributed by atoms with Gasteiger partial charge in [-0.1, -0.05) is 31.0 Å². The number of rotatable bonds is 6. The van der Waals surface area contributed by atoms with Gasteiger partial charge in [0.05, 0.1) is 12.0 Å². The van der Waals surface area contributed by atoms with E-state index in [1.807, 2.05) is 0 Å². The molecule has 1 aromatic heterocycles. The van der Waals surface area contributed by atoms with Crippen molar-refractivity contribution in [3.05, 3.63) is 53.0 Å². The predicted octanol–water partition coefficient (Wildman–Crippen LogP) is 2.69. The Bertz CT molecular complexity index is 946. The van der Waals surface area contributed by atoms with Gasteiger partial charge in [-0.15, -0.1) is 0 Å². The van der Waals surface area contributed by atoms with Gasteiger partial charge in [-0.05, 0) is 29.5 Å². The number of hydrogen-bond acceptors (Lipinski definition) is 6. The number of nitrogens with zero attached hydrogens (tertiary/aromatic N) is 4. The largest absolute Gasteiger partial charge is 0.384 e. The van der Waals surface area contributed by atoms with Crippen LogP contribution in [0.4, 0.5) is 5.82 Å². The quantitative estimate of drug-likeness (QED) is 0.814. The van der Waals surface area contributed by atoms with Gasteiger partial charge in [0.2, 0.25) is 5.91 Å². The molecule has 2 aliphatic rings. The molecule has 0 saturated heterocycles.